The molecule has 0 rings (SSSR count). The van der Waals surface area contributed by atoms with Crippen molar-refractivity contribution in [2.75, 3.05) is 0 Å². The van der Waals surface area contributed by atoms with E-state index in [4.69, 9.17) is 5.11 Å². The molecule has 1 atom stereocenters. The molecule has 9 heavy (non-hydrogen) atoms. The zero-order valence-corrected chi connectivity index (χ0v) is 4.64. The third-order valence-corrected chi connectivity index (χ3v) is 1.03. The van der Waals surface area contributed by atoms with Crippen LogP contribution in [0.2, 0.25) is 0 Å². The summed E-state index contributed by atoms with van der Waals surface area (Å²) in [6.07, 6.45) is 0.718. The molecule has 2 heteroatoms. The van der Waals surface area contributed by atoms with Crippen molar-refractivity contribution in [3.8, 4) is 0 Å². The molecule has 0 fully saturated rings. The predicted octanol–water partition coefficient (Wildman–Crippen LogP) is 2.39. The minimum Gasteiger partial charge on any atom is -0.481 e. The fraction of sp³-hybridized carbons (Fsp3) is 0.857. The standard InChI is InChI=1S/C5H10O2.2CH4/c1-3-4(2)5(6)7;;/h4H,3H2,1-2H3,(H,6,7);2*1H4/t4-;;/m0../s1. The summed E-state index contributed by atoms with van der Waals surface area (Å²) in [5.74, 6) is -0.887. The molecule has 0 aliphatic heterocycles. The second-order valence-electron chi connectivity index (χ2n) is 1.65. The Hall–Kier alpha value is -0.530. The molecular formula is C7H18O2. The third kappa shape index (κ3) is 7.47. The van der Waals surface area contributed by atoms with Gasteiger partial charge in [-0.2, -0.15) is 0 Å². The first-order valence-corrected chi connectivity index (χ1v) is 2.41. The van der Waals surface area contributed by atoms with Crippen LogP contribution >= 0.6 is 0 Å². The Morgan fingerprint density at radius 1 is 1.56 bits per heavy atom. The van der Waals surface area contributed by atoms with Gasteiger partial charge in [-0.25, -0.2) is 0 Å². The Morgan fingerprint density at radius 3 is 1.89 bits per heavy atom. The summed E-state index contributed by atoms with van der Waals surface area (Å²) in [5.41, 5.74) is 0. The van der Waals surface area contributed by atoms with Crippen molar-refractivity contribution < 1.29 is 9.90 Å². The number of hydrogen-bond acceptors (Lipinski definition) is 1. The van der Waals surface area contributed by atoms with Crippen LogP contribution in [0.3, 0.4) is 0 Å². The molecule has 0 amide bonds. The largest absolute Gasteiger partial charge is 0.481 e. The van der Waals surface area contributed by atoms with Crippen LogP contribution in [0.15, 0.2) is 0 Å². The van der Waals surface area contributed by atoms with Crippen molar-refractivity contribution in [3.05, 3.63) is 0 Å². The van der Waals surface area contributed by atoms with Crippen molar-refractivity contribution in [1.82, 2.24) is 0 Å². The van der Waals surface area contributed by atoms with Crippen molar-refractivity contribution >= 4 is 5.97 Å². The second kappa shape index (κ2) is 7.47. The fourth-order valence-electron chi connectivity index (χ4n) is 0.175. The first kappa shape index (κ1) is 15.8. The maximum atomic E-state index is 9.93. The van der Waals surface area contributed by atoms with E-state index in [9.17, 15) is 4.79 Å². The number of carboxylic acid groups (broad SMARTS) is 1. The van der Waals surface area contributed by atoms with Crippen LogP contribution in [0.1, 0.15) is 35.1 Å². The van der Waals surface area contributed by atoms with E-state index >= 15 is 0 Å². The number of rotatable bonds is 2. The van der Waals surface area contributed by atoms with Gasteiger partial charge in [-0.3, -0.25) is 4.79 Å². The summed E-state index contributed by atoms with van der Waals surface area (Å²) in [5, 5.41) is 8.18. The molecule has 0 radical (unpaired) electrons. The summed E-state index contributed by atoms with van der Waals surface area (Å²) < 4.78 is 0. The summed E-state index contributed by atoms with van der Waals surface area (Å²) in [6, 6.07) is 0. The van der Waals surface area contributed by atoms with Gasteiger partial charge < -0.3 is 5.11 Å². The normalized spacial score (nSPS) is 10.4. The lowest BCUT2D eigenvalue weighted by Gasteiger charge is -1.96. The smallest absolute Gasteiger partial charge is 0.306 e. The zero-order chi connectivity index (χ0) is 5.86. The van der Waals surface area contributed by atoms with Crippen LogP contribution in [-0.4, -0.2) is 11.1 Å². The summed E-state index contributed by atoms with van der Waals surface area (Å²) in [7, 11) is 0. The van der Waals surface area contributed by atoms with Crippen LogP contribution in [0, 0.1) is 5.92 Å². The van der Waals surface area contributed by atoms with Crippen molar-refractivity contribution in [2.24, 2.45) is 5.92 Å². The molecule has 0 aromatic heterocycles. The Bertz CT molecular complexity index is 69.3. The summed E-state index contributed by atoms with van der Waals surface area (Å²) >= 11 is 0. The maximum Gasteiger partial charge on any atom is 0.306 e. The molecule has 0 aliphatic carbocycles. The Morgan fingerprint density at radius 2 is 1.89 bits per heavy atom. The molecule has 0 aliphatic rings. The highest BCUT2D eigenvalue weighted by atomic mass is 16.4. The van der Waals surface area contributed by atoms with Crippen LogP contribution in [0.5, 0.6) is 0 Å². The minimum absolute atomic E-state index is 0. The van der Waals surface area contributed by atoms with E-state index in [1.54, 1.807) is 6.92 Å². The highest BCUT2D eigenvalue weighted by Gasteiger charge is 2.05. The molecular weight excluding hydrogens is 116 g/mol. The second-order valence-corrected chi connectivity index (χ2v) is 1.65. The molecule has 0 heterocycles. The van der Waals surface area contributed by atoms with Gasteiger partial charge in [-0.1, -0.05) is 28.7 Å². The molecule has 0 unspecified atom stereocenters. The van der Waals surface area contributed by atoms with Gasteiger partial charge in [0, 0.05) is 0 Å². The van der Waals surface area contributed by atoms with E-state index in [1.807, 2.05) is 6.92 Å². The first-order chi connectivity index (χ1) is 3.18. The zero-order valence-electron chi connectivity index (χ0n) is 4.64. The van der Waals surface area contributed by atoms with Gasteiger partial charge in [0.1, 0.15) is 0 Å². The van der Waals surface area contributed by atoms with Gasteiger partial charge >= 0.3 is 5.97 Å². The van der Waals surface area contributed by atoms with E-state index in [2.05, 4.69) is 0 Å². The SMILES string of the molecule is C.C.CC[C@H](C)C(=O)O. The number of carbonyl (C=O) groups is 1. The molecule has 1 N–H and O–H groups in total. The lowest BCUT2D eigenvalue weighted by molar-refractivity contribution is -0.141. The van der Waals surface area contributed by atoms with Gasteiger partial charge in [0.2, 0.25) is 0 Å². The fourth-order valence-corrected chi connectivity index (χ4v) is 0.175. The van der Waals surface area contributed by atoms with E-state index < -0.39 is 5.97 Å². The predicted molar refractivity (Wildman–Crippen MR) is 40.6 cm³/mol. The van der Waals surface area contributed by atoms with Gasteiger partial charge in [0.25, 0.3) is 0 Å². The van der Waals surface area contributed by atoms with E-state index in [1.165, 1.54) is 0 Å². The average Bonchev–Trinajstić information content (AvgIpc) is 1.65. The highest BCUT2D eigenvalue weighted by Crippen LogP contribution is 1.97. The monoisotopic (exact) mass is 134 g/mol. The topological polar surface area (TPSA) is 37.3 Å². The van der Waals surface area contributed by atoms with Crippen LogP contribution < -0.4 is 0 Å². The molecule has 58 valence electrons. The Kier molecular flexibility index (Phi) is 13.1. The molecule has 0 aromatic carbocycles. The van der Waals surface area contributed by atoms with Gasteiger partial charge in [0.15, 0.2) is 0 Å². The van der Waals surface area contributed by atoms with Crippen LogP contribution in [0.25, 0.3) is 0 Å². The van der Waals surface area contributed by atoms with Crippen LogP contribution in [-0.2, 0) is 4.79 Å². The summed E-state index contributed by atoms with van der Waals surface area (Å²) in [4.78, 5) is 9.93. The average molecular weight is 134 g/mol. The molecule has 2 nitrogen and oxygen atoms in total. The Labute approximate surface area is 57.9 Å². The molecule has 0 bridgehead atoms. The highest BCUT2D eigenvalue weighted by molar-refractivity contribution is 5.69. The third-order valence-electron chi connectivity index (χ3n) is 1.03. The number of carboxylic acids is 1. The Balaban J connectivity index is -0.000000180. The summed E-state index contributed by atoms with van der Waals surface area (Å²) in [6.45, 7) is 3.56. The van der Waals surface area contributed by atoms with Gasteiger partial charge in [-0.05, 0) is 6.42 Å². The van der Waals surface area contributed by atoms with E-state index in [0.29, 0.717) is 0 Å². The van der Waals surface area contributed by atoms with Crippen LogP contribution in [0.4, 0.5) is 0 Å². The van der Waals surface area contributed by atoms with Crippen molar-refractivity contribution in [3.63, 3.8) is 0 Å². The van der Waals surface area contributed by atoms with Gasteiger partial charge in [0.05, 0.1) is 5.92 Å². The molecule has 0 saturated heterocycles. The minimum atomic E-state index is -0.706. The molecule has 0 aromatic rings. The molecule has 0 spiro atoms. The maximum absolute atomic E-state index is 9.93. The van der Waals surface area contributed by atoms with Gasteiger partial charge in [-0.15, -0.1) is 0 Å². The first-order valence-electron chi connectivity index (χ1n) is 2.41. The van der Waals surface area contributed by atoms with Crippen molar-refractivity contribution in [2.45, 2.75) is 35.1 Å². The molecule has 0 saturated carbocycles. The van der Waals surface area contributed by atoms with Crippen molar-refractivity contribution in [1.29, 1.82) is 0 Å². The lowest BCUT2D eigenvalue weighted by atomic mass is 10.1. The van der Waals surface area contributed by atoms with E-state index in [-0.39, 0.29) is 20.8 Å². The van der Waals surface area contributed by atoms with E-state index in [0.717, 1.165) is 6.42 Å². The number of aliphatic carboxylic acids is 1. The lowest BCUT2D eigenvalue weighted by Crippen LogP contribution is -2.06. The quantitative estimate of drug-likeness (QED) is 0.629. The number of hydrogen-bond donors (Lipinski definition) is 1.